The van der Waals surface area contributed by atoms with Gasteiger partial charge < -0.3 is 10.6 Å². The molecule has 120 valence electrons. The molecule has 3 rings (SSSR count). The first-order chi connectivity index (χ1) is 11.1. The van der Waals surface area contributed by atoms with Crippen molar-refractivity contribution >= 4 is 17.5 Å². The number of hydrogen-bond donors (Lipinski definition) is 2. The van der Waals surface area contributed by atoms with E-state index in [1.165, 1.54) is 0 Å². The number of carbonyl (C=O) groups is 1. The molecular formula is C18H20ClN3O. The molecule has 1 saturated heterocycles. The number of carbonyl (C=O) groups excluding carboxylic acids is 1. The average Bonchev–Trinajstić information content (AvgIpc) is 3.06. The van der Waals surface area contributed by atoms with Crippen molar-refractivity contribution in [2.24, 2.45) is 5.92 Å². The maximum absolute atomic E-state index is 12.7. The third-order valence-corrected chi connectivity index (χ3v) is 4.59. The second-order valence-electron chi connectivity index (χ2n) is 5.91. The molecule has 1 aromatic carbocycles. The van der Waals surface area contributed by atoms with E-state index in [1.807, 2.05) is 49.4 Å². The number of rotatable bonds is 4. The Morgan fingerprint density at radius 2 is 2.04 bits per heavy atom. The summed E-state index contributed by atoms with van der Waals surface area (Å²) >= 11 is 5.95. The summed E-state index contributed by atoms with van der Waals surface area (Å²) in [5.41, 5.74) is 2.01. The van der Waals surface area contributed by atoms with Crippen molar-refractivity contribution < 1.29 is 4.79 Å². The second kappa shape index (κ2) is 7.11. The second-order valence-corrected chi connectivity index (χ2v) is 6.34. The van der Waals surface area contributed by atoms with Gasteiger partial charge in [-0.05, 0) is 36.8 Å². The molecule has 3 atom stereocenters. The first-order valence-corrected chi connectivity index (χ1v) is 8.20. The lowest BCUT2D eigenvalue weighted by molar-refractivity contribution is -0.125. The number of hydrogen-bond acceptors (Lipinski definition) is 3. The molecule has 23 heavy (non-hydrogen) atoms. The van der Waals surface area contributed by atoms with Crippen molar-refractivity contribution in [1.29, 1.82) is 0 Å². The molecule has 0 unspecified atom stereocenters. The molecule has 0 saturated carbocycles. The fraction of sp³-hybridized carbons (Fsp3) is 0.333. The van der Waals surface area contributed by atoms with Crippen LogP contribution in [0.3, 0.4) is 0 Å². The minimum Gasteiger partial charge on any atom is -0.348 e. The Balaban J connectivity index is 1.69. The Hall–Kier alpha value is -1.91. The first-order valence-electron chi connectivity index (χ1n) is 7.82. The summed E-state index contributed by atoms with van der Waals surface area (Å²) in [6.07, 6.45) is 1.74. The highest BCUT2D eigenvalue weighted by atomic mass is 35.5. The number of amides is 1. The van der Waals surface area contributed by atoms with E-state index in [4.69, 9.17) is 11.6 Å². The summed E-state index contributed by atoms with van der Waals surface area (Å²) in [5.74, 6) is 0.152. The maximum Gasteiger partial charge on any atom is 0.225 e. The Labute approximate surface area is 141 Å². The van der Waals surface area contributed by atoms with Gasteiger partial charge >= 0.3 is 0 Å². The van der Waals surface area contributed by atoms with Crippen LogP contribution in [-0.4, -0.2) is 24.0 Å². The van der Waals surface area contributed by atoms with Crippen LogP contribution >= 0.6 is 11.6 Å². The van der Waals surface area contributed by atoms with Gasteiger partial charge in [-0.2, -0.15) is 0 Å². The predicted octanol–water partition coefficient (Wildman–Crippen LogP) is 2.92. The Morgan fingerprint density at radius 3 is 2.74 bits per heavy atom. The van der Waals surface area contributed by atoms with E-state index in [0.717, 1.165) is 17.8 Å². The largest absolute Gasteiger partial charge is 0.348 e. The van der Waals surface area contributed by atoms with E-state index in [0.29, 0.717) is 11.6 Å². The van der Waals surface area contributed by atoms with Crippen LogP contribution in [0.25, 0.3) is 0 Å². The number of halogens is 1. The molecule has 0 aliphatic carbocycles. The highest BCUT2D eigenvalue weighted by Gasteiger charge is 2.34. The lowest BCUT2D eigenvalue weighted by atomic mass is 9.88. The molecule has 1 aromatic heterocycles. The molecule has 0 spiro atoms. The number of nitrogens with zero attached hydrogens (tertiary/aromatic N) is 1. The number of pyridine rings is 1. The molecule has 0 bridgehead atoms. The zero-order valence-electron chi connectivity index (χ0n) is 13.0. The maximum atomic E-state index is 12.7. The highest BCUT2D eigenvalue weighted by Crippen LogP contribution is 2.29. The van der Waals surface area contributed by atoms with Crippen molar-refractivity contribution in [3.05, 3.63) is 64.9 Å². The van der Waals surface area contributed by atoms with Gasteiger partial charge in [-0.1, -0.05) is 29.8 Å². The van der Waals surface area contributed by atoms with Crippen LogP contribution in [0.15, 0.2) is 48.7 Å². The van der Waals surface area contributed by atoms with Crippen LogP contribution < -0.4 is 10.6 Å². The van der Waals surface area contributed by atoms with E-state index in [1.54, 1.807) is 6.20 Å². The van der Waals surface area contributed by atoms with Gasteiger partial charge in [0.25, 0.3) is 0 Å². The molecule has 2 N–H and O–H groups in total. The van der Waals surface area contributed by atoms with Crippen LogP contribution in [-0.2, 0) is 4.79 Å². The lowest BCUT2D eigenvalue weighted by Gasteiger charge is -2.21. The standard InChI is InChI=1S/C18H20ClN3O/c1-12(17-4-2-3-9-21-17)22-18(23)16-11-20-10-15(16)13-5-7-14(19)8-6-13/h2-9,12,15-16,20H,10-11H2,1H3,(H,22,23)/t12-,15-,16+/m0/s1. The quantitative estimate of drug-likeness (QED) is 0.907. The van der Waals surface area contributed by atoms with Crippen LogP contribution in [0.2, 0.25) is 5.02 Å². The zero-order valence-corrected chi connectivity index (χ0v) is 13.8. The first kappa shape index (κ1) is 16.0. The summed E-state index contributed by atoms with van der Waals surface area (Å²) < 4.78 is 0. The SMILES string of the molecule is C[C@H](NC(=O)[C@@H]1CNC[C@H]1c1ccc(Cl)cc1)c1ccccn1. The molecule has 4 nitrogen and oxygen atoms in total. The normalized spacial score (nSPS) is 21.8. The van der Waals surface area contributed by atoms with E-state index in [2.05, 4.69) is 15.6 Å². The Morgan fingerprint density at radius 1 is 1.26 bits per heavy atom. The smallest absolute Gasteiger partial charge is 0.225 e. The molecule has 1 aliphatic rings. The number of nitrogens with one attached hydrogen (secondary N) is 2. The molecule has 2 heterocycles. The number of benzene rings is 1. The van der Waals surface area contributed by atoms with Gasteiger partial charge in [0.15, 0.2) is 0 Å². The monoisotopic (exact) mass is 329 g/mol. The molecule has 2 aromatic rings. The summed E-state index contributed by atoms with van der Waals surface area (Å²) in [6, 6.07) is 13.4. The molecule has 1 aliphatic heterocycles. The van der Waals surface area contributed by atoms with Crippen LogP contribution in [0.5, 0.6) is 0 Å². The fourth-order valence-corrected chi connectivity index (χ4v) is 3.17. The fourth-order valence-electron chi connectivity index (χ4n) is 3.04. The van der Waals surface area contributed by atoms with Gasteiger partial charge in [-0.15, -0.1) is 0 Å². The van der Waals surface area contributed by atoms with Gasteiger partial charge in [0.2, 0.25) is 5.91 Å². The van der Waals surface area contributed by atoms with E-state index in [-0.39, 0.29) is 23.8 Å². The van der Waals surface area contributed by atoms with Gasteiger partial charge in [-0.3, -0.25) is 9.78 Å². The van der Waals surface area contributed by atoms with Gasteiger partial charge in [0.05, 0.1) is 17.7 Å². The van der Waals surface area contributed by atoms with Crippen LogP contribution in [0.4, 0.5) is 0 Å². The molecule has 1 fully saturated rings. The summed E-state index contributed by atoms with van der Waals surface area (Å²) in [7, 11) is 0. The van der Waals surface area contributed by atoms with E-state index >= 15 is 0 Å². The molecule has 0 radical (unpaired) electrons. The Kier molecular flexibility index (Phi) is 4.94. The van der Waals surface area contributed by atoms with Gasteiger partial charge in [0.1, 0.15) is 0 Å². The summed E-state index contributed by atoms with van der Waals surface area (Å²) in [6.45, 7) is 3.45. The topological polar surface area (TPSA) is 54.0 Å². The average molecular weight is 330 g/mol. The van der Waals surface area contributed by atoms with Gasteiger partial charge in [-0.25, -0.2) is 0 Å². The number of aromatic nitrogens is 1. The molecule has 1 amide bonds. The van der Waals surface area contributed by atoms with E-state index in [9.17, 15) is 4.79 Å². The summed E-state index contributed by atoms with van der Waals surface area (Å²) in [5, 5.41) is 7.11. The van der Waals surface area contributed by atoms with Crippen LogP contribution in [0, 0.1) is 5.92 Å². The minimum absolute atomic E-state index is 0.0631. The predicted molar refractivity (Wildman–Crippen MR) is 91.3 cm³/mol. The third-order valence-electron chi connectivity index (χ3n) is 4.34. The minimum atomic E-state index is -0.102. The van der Waals surface area contributed by atoms with Crippen molar-refractivity contribution in [2.75, 3.05) is 13.1 Å². The lowest BCUT2D eigenvalue weighted by Crippen LogP contribution is -2.36. The third kappa shape index (κ3) is 3.71. The van der Waals surface area contributed by atoms with Gasteiger partial charge in [0, 0.05) is 30.2 Å². The van der Waals surface area contributed by atoms with Crippen molar-refractivity contribution in [1.82, 2.24) is 15.6 Å². The van der Waals surface area contributed by atoms with E-state index < -0.39 is 0 Å². The van der Waals surface area contributed by atoms with Crippen molar-refractivity contribution in [3.8, 4) is 0 Å². The van der Waals surface area contributed by atoms with Crippen molar-refractivity contribution in [2.45, 2.75) is 18.9 Å². The Bertz CT molecular complexity index is 660. The zero-order chi connectivity index (χ0) is 16.2. The highest BCUT2D eigenvalue weighted by molar-refractivity contribution is 6.30. The van der Waals surface area contributed by atoms with Crippen LogP contribution in [0.1, 0.15) is 30.1 Å². The van der Waals surface area contributed by atoms with Crippen molar-refractivity contribution in [3.63, 3.8) is 0 Å². The molecule has 5 heteroatoms. The molecular weight excluding hydrogens is 310 g/mol. The summed E-state index contributed by atoms with van der Waals surface area (Å²) in [4.78, 5) is 17.0.